The van der Waals surface area contributed by atoms with E-state index >= 15 is 0 Å². The minimum atomic E-state index is -0.220. The topological polar surface area (TPSA) is 12.0 Å². The molecule has 0 radical (unpaired) electrons. The number of nitrogens with one attached hydrogen (secondary N) is 1. The normalized spacial score (nSPS) is 12.4. The van der Waals surface area contributed by atoms with E-state index in [2.05, 4.69) is 28.2 Å². The van der Waals surface area contributed by atoms with Gasteiger partial charge in [0, 0.05) is 15.1 Å². The van der Waals surface area contributed by atoms with Gasteiger partial charge in [0.15, 0.2) is 0 Å². The van der Waals surface area contributed by atoms with Crippen LogP contribution in [-0.2, 0) is 0 Å². The first-order chi connectivity index (χ1) is 9.63. The highest BCUT2D eigenvalue weighted by Crippen LogP contribution is 2.31. The molecule has 0 saturated carbocycles. The van der Waals surface area contributed by atoms with Crippen molar-refractivity contribution in [2.75, 3.05) is 6.54 Å². The average molecular weight is 357 g/mol. The predicted octanol–water partition coefficient (Wildman–Crippen LogP) is 5.33. The summed E-state index contributed by atoms with van der Waals surface area (Å²) in [7, 11) is 0. The molecule has 1 atom stereocenters. The van der Waals surface area contributed by atoms with Crippen LogP contribution in [0.3, 0.4) is 0 Å². The SMILES string of the molecule is CCCNC(c1ccc(Cl)cc1)c1c(F)cccc1Br. The maximum atomic E-state index is 14.2. The molecule has 0 aliphatic carbocycles. The van der Waals surface area contributed by atoms with Gasteiger partial charge in [-0.1, -0.05) is 52.7 Å². The second kappa shape index (κ2) is 7.21. The van der Waals surface area contributed by atoms with Crippen LogP contribution < -0.4 is 5.32 Å². The lowest BCUT2D eigenvalue weighted by atomic mass is 9.98. The molecule has 0 bridgehead atoms. The van der Waals surface area contributed by atoms with Gasteiger partial charge < -0.3 is 5.32 Å². The van der Waals surface area contributed by atoms with Gasteiger partial charge >= 0.3 is 0 Å². The van der Waals surface area contributed by atoms with Crippen LogP contribution in [0.25, 0.3) is 0 Å². The molecule has 2 aromatic carbocycles. The molecule has 0 aromatic heterocycles. The standard InChI is InChI=1S/C16H16BrClFN/c1-2-10-20-16(11-6-8-12(18)9-7-11)15-13(17)4-3-5-14(15)19/h3-9,16,20H,2,10H2,1H3. The molecule has 0 aliphatic heterocycles. The van der Waals surface area contributed by atoms with Gasteiger partial charge in [-0.25, -0.2) is 4.39 Å². The van der Waals surface area contributed by atoms with Crippen LogP contribution >= 0.6 is 27.5 Å². The van der Waals surface area contributed by atoms with E-state index in [-0.39, 0.29) is 11.9 Å². The van der Waals surface area contributed by atoms with Crippen molar-refractivity contribution in [3.05, 3.63) is 68.9 Å². The Labute approximate surface area is 132 Å². The van der Waals surface area contributed by atoms with Crippen molar-refractivity contribution in [2.45, 2.75) is 19.4 Å². The van der Waals surface area contributed by atoms with Gasteiger partial charge in [0.2, 0.25) is 0 Å². The number of hydrogen-bond acceptors (Lipinski definition) is 1. The fourth-order valence-corrected chi connectivity index (χ4v) is 2.81. The molecule has 0 aliphatic rings. The van der Waals surface area contributed by atoms with Gasteiger partial charge in [-0.2, -0.15) is 0 Å². The Morgan fingerprint density at radius 2 is 1.90 bits per heavy atom. The van der Waals surface area contributed by atoms with Gasteiger partial charge in [-0.05, 0) is 42.8 Å². The molecule has 0 fully saturated rings. The van der Waals surface area contributed by atoms with Gasteiger partial charge in [0.25, 0.3) is 0 Å². The zero-order valence-corrected chi connectivity index (χ0v) is 13.5. The van der Waals surface area contributed by atoms with E-state index in [0.29, 0.717) is 10.6 Å². The summed E-state index contributed by atoms with van der Waals surface area (Å²) >= 11 is 9.37. The molecular formula is C16H16BrClFN. The molecule has 2 rings (SSSR count). The quantitative estimate of drug-likeness (QED) is 0.763. The zero-order chi connectivity index (χ0) is 14.5. The van der Waals surface area contributed by atoms with Gasteiger partial charge in [-0.15, -0.1) is 0 Å². The van der Waals surface area contributed by atoms with E-state index in [1.807, 2.05) is 30.3 Å². The summed E-state index contributed by atoms with van der Waals surface area (Å²) in [5.74, 6) is -0.220. The largest absolute Gasteiger partial charge is 0.306 e. The van der Waals surface area contributed by atoms with Crippen LogP contribution in [-0.4, -0.2) is 6.54 Å². The molecule has 0 spiro atoms. The van der Waals surface area contributed by atoms with Crippen molar-refractivity contribution in [1.82, 2.24) is 5.32 Å². The molecule has 20 heavy (non-hydrogen) atoms. The Bertz CT molecular complexity index is 551. The van der Waals surface area contributed by atoms with E-state index in [1.165, 1.54) is 6.07 Å². The van der Waals surface area contributed by atoms with Crippen molar-refractivity contribution >= 4 is 27.5 Å². The lowest BCUT2D eigenvalue weighted by Crippen LogP contribution is -2.24. The molecular weight excluding hydrogens is 341 g/mol. The van der Waals surface area contributed by atoms with Crippen LogP contribution in [0.5, 0.6) is 0 Å². The third-order valence-electron chi connectivity index (χ3n) is 3.09. The highest BCUT2D eigenvalue weighted by Gasteiger charge is 2.19. The predicted molar refractivity (Wildman–Crippen MR) is 85.7 cm³/mol. The summed E-state index contributed by atoms with van der Waals surface area (Å²) in [6, 6.07) is 12.3. The lowest BCUT2D eigenvalue weighted by molar-refractivity contribution is 0.544. The van der Waals surface area contributed by atoms with Crippen molar-refractivity contribution in [2.24, 2.45) is 0 Å². The van der Waals surface area contributed by atoms with Crippen LogP contribution in [0.4, 0.5) is 4.39 Å². The first kappa shape index (κ1) is 15.5. The maximum absolute atomic E-state index is 14.2. The highest BCUT2D eigenvalue weighted by atomic mass is 79.9. The van der Waals surface area contributed by atoms with E-state index in [9.17, 15) is 4.39 Å². The molecule has 4 heteroatoms. The Hall–Kier alpha value is -0.900. The Morgan fingerprint density at radius 1 is 1.20 bits per heavy atom. The van der Waals surface area contributed by atoms with Crippen LogP contribution in [0, 0.1) is 5.82 Å². The summed E-state index contributed by atoms with van der Waals surface area (Å²) in [5.41, 5.74) is 1.62. The minimum absolute atomic E-state index is 0.192. The summed E-state index contributed by atoms with van der Waals surface area (Å²) in [4.78, 5) is 0. The highest BCUT2D eigenvalue weighted by molar-refractivity contribution is 9.10. The van der Waals surface area contributed by atoms with Crippen molar-refractivity contribution < 1.29 is 4.39 Å². The summed E-state index contributed by atoms with van der Waals surface area (Å²) in [6.45, 7) is 2.90. The second-order valence-corrected chi connectivity index (χ2v) is 5.86. The fourth-order valence-electron chi connectivity index (χ4n) is 2.12. The van der Waals surface area contributed by atoms with Crippen molar-refractivity contribution in [3.63, 3.8) is 0 Å². The van der Waals surface area contributed by atoms with E-state index in [1.54, 1.807) is 6.07 Å². The van der Waals surface area contributed by atoms with Gasteiger partial charge in [0.05, 0.1) is 6.04 Å². The molecule has 1 nitrogen and oxygen atoms in total. The van der Waals surface area contributed by atoms with E-state index < -0.39 is 0 Å². The molecule has 1 unspecified atom stereocenters. The summed E-state index contributed by atoms with van der Waals surface area (Å²) < 4.78 is 15.0. The number of hydrogen-bond donors (Lipinski definition) is 1. The second-order valence-electron chi connectivity index (χ2n) is 4.57. The summed E-state index contributed by atoms with van der Waals surface area (Å²) in [5, 5.41) is 4.07. The van der Waals surface area contributed by atoms with E-state index in [0.717, 1.165) is 23.0 Å². The van der Waals surface area contributed by atoms with Gasteiger partial charge in [0.1, 0.15) is 5.82 Å². The van der Waals surface area contributed by atoms with Crippen molar-refractivity contribution in [3.8, 4) is 0 Å². The fraction of sp³-hybridized carbons (Fsp3) is 0.250. The van der Waals surface area contributed by atoms with Crippen LogP contribution in [0.2, 0.25) is 5.02 Å². The van der Waals surface area contributed by atoms with E-state index in [4.69, 9.17) is 11.6 Å². The third kappa shape index (κ3) is 3.60. The average Bonchev–Trinajstić information content (AvgIpc) is 2.43. The molecule has 106 valence electrons. The Kier molecular flexibility index (Phi) is 5.58. The van der Waals surface area contributed by atoms with Crippen LogP contribution in [0.15, 0.2) is 46.9 Å². The number of rotatable bonds is 5. The molecule has 2 aromatic rings. The van der Waals surface area contributed by atoms with Gasteiger partial charge in [-0.3, -0.25) is 0 Å². The third-order valence-corrected chi connectivity index (χ3v) is 4.03. The van der Waals surface area contributed by atoms with Crippen LogP contribution in [0.1, 0.15) is 30.5 Å². The first-order valence-corrected chi connectivity index (χ1v) is 7.73. The Balaban J connectivity index is 2.44. The maximum Gasteiger partial charge on any atom is 0.129 e. The number of halogens is 3. The molecule has 0 saturated heterocycles. The smallest absolute Gasteiger partial charge is 0.129 e. The lowest BCUT2D eigenvalue weighted by Gasteiger charge is -2.21. The first-order valence-electron chi connectivity index (χ1n) is 6.56. The molecule has 0 amide bonds. The molecule has 1 N–H and O–H groups in total. The zero-order valence-electron chi connectivity index (χ0n) is 11.2. The molecule has 0 heterocycles. The Morgan fingerprint density at radius 3 is 2.50 bits per heavy atom. The minimum Gasteiger partial charge on any atom is -0.306 e. The number of benzene rings is 2. The summed E-state index contributed by atoms with van der Waals surface area (Å²) in [6.07, 6.45) is 0.982. The monoisotopic (exact) mass is 355 g/mol. The van der Waals surface area contributed by atoms with Crippen molar-refractivity contribution in [1.29, 1.82) is 0 Å².